The number of nitrogens with zero attached hydrogens (tertiary/aromatic N) is 1. The number of methoxy groups -OCH3 is 1. The first-order valence-corrected chi connectivity index (χ1v) is 7.11. The van der Waals surface area contributed by atoms with Crippen molar-refractivity contribution >= 4 is 23.4 Å². The molecular formula is C14H15ClN2OS. The number of para-hydroxylation sites is 1. The number of halogens is 1. The molecular weight excluding hydrogens is 280 g/mol. The van der Waals surface area contributed by atoms with Crippen molar-refractivity contribution in [3.63, 3.8) is 0 Å². The summed E-state index contributed by atoms with van der Waals surface area (Å²) in [7, 11) is 1.66. The minimum Gasteiger partial charge on any atom is -0.496 e. The second-order valence-electron chi connectivity index (χ2n) is 3.90. The van der Waals surface area contributed by atoms with E-state index < -0.39 is 0 Å². The molecule has 2 N–H and O–H groups in total. The molecule has 0 amide bonds. The van der Waals surface area contributed by atoms with Crippen molar-refractivity contribution in [2.75, 3.05) is 13.7 Å². The molecule has 0 aliphatic heterocycles. The zero-order chi connectivity index (χ0) is 13.7. The highest BCUT2D eigenvalue weighted by Gasteiger charge is 2.16. The van der Waals surface area contributed by atoms with Crippen LogP contribution in [0.4, 0.5) is 0 Å². The molecule has 1 aromatic heterocycles. The lowest BCUT2D eigenvalue weighted by Crippen LogP contribution is -2.10. The number of aromatic nitrogens is 1. The van der Waals surface area contributed by atoms with Gasteiger partial charge in [-0.15, -0.1) is 0 Å². The minimum absolute atomic E-state index is 0.102. The van der Waals surface area contributed by atoms with E-state index in [0.29, 0.717) is 11.6 Å². The lowest BCUT2D eigenvalue weighted by Gasteiger charge is -2.17. The number of hydrogen-bond donors (Lipinski definition) is 1. The van der Waals surface area contributed by atoms with Gasteiger partial charge >= 0.3 is 0 Å². The number of thioether (sulfide) groups is 1. The van der Waals surface area contributed by atoms with Gasteiger partial charge in [-0.05, 0) is 18.2 Å². The molecule has 0 aliphatic carbocycles. The van der Waals surface area contributed by atoms with Crippen LogP contribution in [0.25, 0.3) is 0 Å². The molecule has 3 nitrogen and oxygen atoms in total. The van der Waals surface area contributed by atoms with E-state index in [-0.39, 0.29) is 5.25 Å². The fourth-order valence-electron chi connectivity index (χ4n) is 1.75. The van der Waals surface area contributed by atoms with Crippen molar-refractivity contribution in [2.45, 2.75) is 10.3 Å². The molecule has 19 heavy (non-hydrogen) atoms. The number of benzene rings is 1. The second-order valence-corrected chi connectivity index (χ2v) is 5.56. The maximum absolute atomic E-state index is 5.88. The molecule has 0 saturated heterocycles. The van der Waals surface area contributed by atoms with Crippen molar-refractivity contribution in [3.05, 3.63) is 53.2 Å². The normalized spacial score (nSPS) is 12.2. The summed E-state index contributed by atoms with van der Waals surface area (Å²) in [5.41, 5.74) is 6.95. The maximum Gasteiger partial charge on any atom is 0.123 e. The third kappa shape index (κ3) is 3.62. The van der Waals surface area contributed by atoms with Gasteiger partial charge in [0.25, 0.3) is 0 Å². The summed E-state index contributed by atoms with van der Waals surface area (Å²) in [6, 6.07) is 11.6. The number of rotatable bonds is 5. The summed E-state index contributed by atoms with van der Waals surface area (Å²) in [5, 5.41) is 1.63. The van der Waals surface area contributed by atoms with E-state index in [1.54, 1.807) is 25.1 Å². The Balaban J connectivity index is 2.22. The Bertz CT molecular complexity index is 533. The van der Waals surface area contributed by atoms with Gasteiger partial charge in [0.1, 0.15) is 5.75 Å². The van der Waals surface area contributed by atoms with E-state index in [9.17, 15) is 0 Å². The quantitative estimate of drug-likeness (QED) is 0.857. The van der Waals surface area contributed by atoms with Gasteiger partial charge < -0.3 is 10.5 Å². The van der Waals surface area contributed by atoms with Gasteiger partial charge in [-0.1, -0.05) is 41.6 Å². The fraction of sp³-hybridized carbons (Fsp3) is 0.214. The van der Waals surface area contributed by atoms with Crippen LogP contribution < -0.4 is 10.5 Å². The van der Waals surface area contributed by atoms with Gasteiger partial charge in [-0.25, -0.2) is 4.98 Å². The van der Waals surface area contributed by atoms with Crippen LogP contribution in [0.5, 0.6) is 5.75 Å². The summed E-state index contributed by atoms with van der Waals surface area (Å²) in [6.45, 7) is 0.509. The highest BCUT2D eigenvalue weighted by atomic mass is 35.5. The number of hydrogen-bond acceptors (Lipinski definition) is 4. The largest absolute Gasteiger partial charge is 0.496 e. The SMILES string of the molecule is COc1ccccc1C(CN)Sc1ccc(Cl)cn1. The molecule has 2 aromatic rings. The minimum atomic E-state index is 0.102. The molecule has 1 unspecified atom stereocenters. The van der Waals surface area contributed by atoms with Crippen LogP contribution in [-0.2, 0) is 0 Å². The predicted molar refractivity (Wildman–Crippen MR) is 79.9 cm³/mol. The van der Waals surface area contributed by atoms with Gasteiger partial charge in [-0.3, -0.25) is 0 Å². The van der Waals surface area contributed by atoms with Crippen LogP contribution in [0.2, 0.25) is 5.02 Å². The molecule has 0 fully saturated rings. The average Bonchev–Trinajstić information content (AvgIpc) is 2.46. The number of pyridine rings is 1. The topological polar surface area (TPSA) is 48.1 Å². The van der Waals surface area contributed by atoms with Crippen LogP contribution in [-0.4, -0.2) is 18.6 Å². The molecule has 0 saturated carbocycles. The molecule has 5 heteroatoms. The van der Waals surface area contributed by atoms with Gasteiger partial charge in [0.05, 0.1) is 22.4 Å². The van der Waals surface area contributed by atoms with Gasteiger partial charge in [0, 0.05) is 18.3 Å². The molecule has 1 aromatic carbocycles. The number of ether oxygens (including phenoxy) is 1. The lowest BCUT2D eigenvalue weighted by atomic mass is 10.1. The van der Waals surface area contributed by atoms with E-state index >= 15 is 0 Å². The first-order valence-electron chi connectivity index (χ1n) is 5.85. The summed E-state index contributed by atoms with van der Waals surface area (Å²) < 4.78 is 5.37. The third-order valence-electron chi connectivity index (χ3n) is 2.66. The first kappa shape index (κ1) is 14.2. The molecule has 2 rings (SSSR count). The Morgan fingerprint density at radius 2 is 2.11 bits per heavy atom. The second kappa shape index (κ2) is 6.80. The zero-order valence-electron chi connectivity index (χ0n) is 10.5. The van der Waals surface area contributed by atoms with Crippen molar-refractivity contribution < 1.29 is 4.74 Å². The Labute approximate surface area is 122 Å². The maximum atomic E-state index is 5.88. The molecule has 0 bridgehead atoms. The predicted octanol–water partition coefficient (Wildman–Crippen LogP) is 3.54. The lowest BCUT2D eigenvalue weighted by molar-refractivity contribution is 0.409. The summed E-state index contributed by atoms with van der Waals surface area (Å²) >= 11 is 7.44. The Hall–Kier alpha value is -1.23. The van der Waals surface area contributed by atoms with Crippen molar-refractivity contribution in [1.29, 1.82) is 0 Å². The Morgan fingerprint density at radius 3 is 2.74 bits per heavy atom. The first-order chi connectivity index (χ1) is 9.24. The van der Waals surface area contributed by atoms with E-state index in [1.165, 1.54) is 0 Å². The highest BCUT2D eigenvalue weighted by molar-refractivity contribution is 7.99. The van der Waals surface area contributed by atoms with Crippen LogP contribution in [0, 0.1) is 0 Å². The van der Waals surface area contributed by atoms with Gasteiger partial charge in [0.2, 0.25) is 0 Å². The summed E-state index contributed by atoms with van der Waals surface area (Å²) in [4.78, 5) is 4.28. The Kier molecular flexibility index (Phi) is 5.07. The highest BCUT2D eigenvalue weighted by Crippen LogP contribution is 2.37. The summed E-state index contributed by atoms with van der Waals surface area (Å²) in [6.07, 6.45) is 1.64. The smallest absolute Gasteiger partial charge is 0.123 e. The molecule has 0 radical (unpaired) electrons. The molecule has 1 atom stereocenters. The fourth-order valence-corrected chi connectivity index (χ4v) is 2.83. The van der Waals surface area contributed by atoms with Crippen LogP contribution in [0.1, 0.15) is 10.8 Å². The standard InChI is InChI=1S/C14H15ClN2OS/c1-18-12-5-3-2-4-11(12)13(8-16)19-14-7-6-10(15)9-17-14/h2-7,9,13H,8,16H2,1H3. The Morgan fingerprint density at radius 1 is 1.32 bits per heavy atom. The van der Waals surface area contributed by atoms with Crippen LogP contribution in [0.3, 0.4) is 0 Å². The van der Waals surface area contributed by atoms with Crippen molar-refractivity contribution in [3.8, 4) is 5.75 Å². The van der Waals surface area contributed by atoms with Crippen LogP contribution >= 0.6 is 23.4 Å². The molecule has 0 aliphatic rings. The molecule has 100 valence electrons. The van der Waals surface area contributed by atoms with Crippen LogP contribution in [0.15, 0.2) is 47.6 Å². The van der Waals surface area contributed by atoms with E-state index in [0.717, 1.165) is 16.3 Å². The van der Waals surface area contributed by atoms with Crippen molar-refractivity contribution in [2.24, 2.45) is 5.73 Å². The number of nitrogens with two attached hydrogens (primary N) is 1. The average molecular weight is 295 g/mol. The summed E-state index contributed by atoms with van der Waals surface area (Å²) in [5.74, 6) is 0.847. The zero-order valence-corrected chi connectivity index (χ0v) is 12.1. The van der Waals surface area contributed by atoms with E-state index in [4.69, 9.17) is 22.1 Å². The van der Waals surface area contributed by atoms with Crippen molar-refractivity contribution in [1.82, 2.24) is 4.98 Å². The van der Waals surface area contributed by atoms with E-state index in [1.807, 2.05) is 36.4 Å². The molecule has 0 spiro atoms. The van der Waals surface area contributed by atoms with Gasteiger partial charge in [-0.2, -0.15) is 0 Å². The van der Waals surface area contributed by atoms with E-state index in [2.05, 4.69) is 4.98 Å². The van der Waals surface area contributed by atoms with Gasteiger partial charge in [0.15, 0.2) is 0 Å². The third-order valence-corrected chi connectivity index (χ3v) is 4.10. The monoisotopic (exact) mass is 294 g/mol. The molecule has 1 heterocycles.